The van der Waals surface area contributed by atoms with Crippen molar-refractivity contribution in [2.75, 3.05) is 12.4 Å². The zero-order valence-electron chi connectivity index (χ0n) is 15.3. The van der Waals surface area contributed by atoms with Crippen LogP contribution in [0.25, 0.3) is 6.08 Å². The van der Waals surface area contributed by atoms with E-state index in [-0.39, 0.29) is 11.0 Å². The van der Waals surface area contributed by atoms with E-state index in [4.69, 9.17) is 16.3 Å². The second-order valence-electron chi connectivity index (χ2n) is 6.84. The van der Waals surface area contributed by atoms with Gasteiger partial charge in [-0.3, -0.25) is 4.79 Å². The Bertz CT molecular complexity index is 872. The van der Waals surface area contributed by atoms with E-state index in [1.807, 2.05) is 30.3 Å². The molecule has 0 unspecified atom stereocenters. The minimum absolute atomic E-state index is 0.00413. The summed E-state index contributed by atoms with van der Waals surface area (Å²) in [5.41, 5.74) is 2.41. The molecular weight excluding hydrogens is 348 g/mol. The lowest BCUT2D eigenvalue weighted by Gasteiger charge is -2.18. The van der Waals surface area contributed by atoms with E-state index in [0.29, 0.717) is 16.5 Å². The van der Waals surface area contributed by atoms with Crippen molar-refractivity contribution in [3.63, 3.8) is 0 Å². The van der Waals surface area contributed by atoms with E-state index in [1.165, 1.54) is 12.7 Å². The lowest BCUT2D eigenvalue weighted by molar-refractivity contribution is -0.112. The third-order valence-electron chi connectivity index (χ3n) is 3.86. The van der Waals surface area contributed by atoms with Gasteiger partial charge in [-0.1, -0.05) is 56.6 Å². The summed E-state index contributed by atoms with van der Waals surface area (Å²) in [4.78, 5) is 12.5. The van der Waals surface area contributed by atoms with E-state index in [9.17, 15) is 10.1 Å². The highest BCUT2D eigenvalue weighted by Crippen LogP contribution is 2.28. The Balaban J connectivity index is 2.25. The number of halogens is 1. The molecule has 0 aliphatic rings. The molecule has 1 amide bonds. The third kappa shape index (κ3) is 4.87. The molecule has 1 N–H and O–H groups in total. The first-order chi connectivity index (χ1) is 12.2. The number of hydrogen-bond donors (Lipinski definition) is 1. The number of nitrogens with zero attached hydrogens (tertiary/aromatic N) is 1. The highest BCUT2D eigenvalue weighted by atomic mass is 35.5. The van der Waals surface area contributed by atoms with Crippen LogP contribution < -0.4 is 10.1 Å². The van der Waals surface area contributed by atoms with Crippen LogP contribution in [0.15, 0.2) is 48.0 Å². The van der Waals surface area contributed by atoms with Crippen LogP contribution in [0.5, 0.6) is 5.75 Å². The maximum absolute atomic E-state index is 12.5. The van der Waals surface area contributed by atoms with Crippen LogP contribution in [0, 0.1) is 11.3 Å². The number of hydrogen-bond acceptors (Lipinski definition) is 3. The number of carbonyl (C=O) groups is 1. The topological polar surface area (TPSA) is 62.1 Å². The van der Waals surface area contributed by atoms with E-state index in [0.717, 1.165) is 5.56 Å². The molecule has 0 atom stereocenters. The summed E-state index contributed by atoms with van der Waals surface area (Å²) in [7, 11) is 1.50. The number of nitrogens with one attached hydrogen (secondary N) is 1. The molecule has 0 heterocycles. The number of nitriles is 1. The van der Waals surface area contributed by atoms with Crippen LogP contribution >= 0.6 is 11.6 Å². The molecule has 0 saturated carbocycles. The average Bonchev–Trinajstić information content (AvgIpc) is 2.59. The van der Waals surface area contributed by atoms with Gasteiger partial charge in [0, 0.05) is 5.02 Å². The summed E-state index contributed by atoms with van der Waals surface area (Å²) in [5, 5.41) is 12.5. The summed E-state index contributed by atoms with van der Waals surface area (Å²) < 4.78 is 5.20. The number of rotatable bonds is 4. The second kappa shape index (κ2) is 8.07. The number of amides is 1. The molecule has 0 saturated heterocycles. The first kappa shape index (κ1) is 19.6. The van der Waals surface area contributed by atoms with Gasteiger partial charge in [0.25, 0.3) is 5.91 Å². The number of anilines is 1. The summed E-state index contributed by atoms with van der Waals surface area (Å²) in [6.45, 7) is 6.39. The molecule has 0 aliphatic heterocycles. The van der Waals surface area contributed by atoms with E-state index in [2.05, 4.69) is 26.1 Å². The number of carbonyl (C=O) groups excluding carboxylic acids is 1. The SMILES string of the molecule is COc1ccc(Cl)cc1NC(=O)/C(C#N)=C\c1ccc(C(C)(C)C)cc1. The summed E-state index contributed by atoms with van der Waals surface area (Å²) in [6.07, 6.45) is 1.55. The van der Waals surface area contributed by atoms with Gasteiger partial charge in [0.2, 0.25) is 0 Å². The third-order valence-corrected chi connectivity index (χ3v) is 4.10. The van der Waals surface area contributed by atoms with Crippen molar-refractivity contribution < 1.29 is 9.53 Å². The van der Waals surface area contributed by atoms with Crippen molar-refractivity contribution >= 4 is 29.3 Å². The van der Waals surface area contributed by atoms with Crippen molar-refractivity contribution in [3.05, 3.63) is 64.2 Å². The molecule has 0 aromatic heterocycles. The van der Waals surface area contributed by atoms with Crippen molar-refractivity contribution in [1.29, 1.82) is 5.26 Å². The highest BCUT2D eigenvalue weighted by Gasteiger charge is 2.15. The second-order valence-corrected chi connectivity index (χ2v) is 7.28. The average molecular weight is 369 g/mol. The maximum atomic E-state index is 12.5. The zero-order chi connectivity index (χ0) is 19.3. The van der Waals surface area contributed by atoms with Gasteiger partial charge in [-0.05, 0) is 40.8 Å². The zero-order valence-corrected chi connectivity index (χ0v) is 16.0. The Kier molecular flexibility index (Phi) is 6.07. The van der Waals surface area contributed by atoms with Crippen LogP contribution in [0.1, 0.15) is 31.9 Å². The predicted molar refractivity (Wildman–Crippen MR) is 105 cm³/mol. The molecule has 26 heavy (non-hydrogen) atoms. The Morgan fingerprint density at radius 2 is 1.85 bits per heavy atom. The molecule has 4 nitrogen and oxygen atoms in total. The Hall–Kier alpha value is -2.77. The van der Waals surface area contributed by atoms with E-state index < -0.39 is 5.91 Å². The highest BCUT2D eigenvalue weighted by molar-refractivity contribution is 6.31. The Morgan fingerprint density at radius 1 is 1.19 bits per heavy atom. The summed E-state index contributed by atoms with van der Waals surface area (Å²) in [6, 6.07) is 14.6. The van der Waals surface area contributed by atoms with Gasteiger partial charge < -0.3 is 10.1 Å². The minimum atomic E-state index is -0.520. The lowest BCUT2D eigenvalue weighted by atomic mass is 9.86. The maximum Gasteiger partial charge on any atom is 0.266 e. The van der Waals surface area contributed by atoms with Crippen molar-refractivity contribution in [2.24, 2.45) is 0 Å². The fourth-order valence-electron chi connectivity index (χ4n) is 2.36. The van der Waals surface area contributed by atoms with Gasteiger partial charge in [0.05, 0.1) is 12.8 Å². The molecule has 2 aromatic carbocycles. The molecule has 0 fully saturated rings. The predicted octanol–water partition coefficient (Wildman–Crippen LogP) is 5.19. The van der Waals surface area contributed by atoms with Crippen LogP contribution in [0.4, 0.5) is 5.69 Å². The normalized spacial score (nSPS) is 11.6. The molecule has 0 aliphatic carbocycles. The standard InChI is InChI=1S/C21H21ClN2O2/c1-21(2,3)16-7-5-14(6-8-16)11-15(13-23)20(25)24-18-12-17(22)9-10-19(18)26-4/h5-12H,1-4H3,(H,24,25)/b15-11-. The van der Waals surface area contributed by atoms with Gasteiger partial charge in [-0.25, -0.2) is 0 Å². The van der Waals surface area contributed by atoms with Gasteiger partial charge >= 0.3 is 0 Å². The first-order valence-electron chi connectivity index (χ1n) is 8.12. The molecule has 0 radical (unpaired) electrons. The minimum Gasteiger partial charge on any atom is -0.495 e. The van der Waals surface area contributed by atoms with Gasteiger partial charge in [0.1, 0.15) is 17.4 Å². The molecule has 5 heteroatoms. The largest absolute Gasteiger partial charge is 0.495 e. The molecule has 0 bridgehead atoms. The molecule has 134 valence electrons. The fourth-order valence-corrected chi connectivity index (χ4v) is 2.53. The molecule has 0 spiro atoms. The first-order valence-corrected chi connectivity index (χ1v) is 8.49. The fraction of sp³-hybridized carbons (Fsp3) is 0.238. The van der Waals surface area contributed by atoms with Crippen molar-refractivity contribution in [3.8, 4) is 11.8 Å². The lowest BCUT2D eigenvalue weighted by Crippen LogP contribution is -2.14. The quantitative estimate of drug-likeness (QED) is 0.596. The summed E-state index contributed by atoms with van der Waals surface area (Å²) in [5.74, 6) is -0.0532. The van der Waals surface area contributed by atoms with Crippen molar-refractivity contribution in [1.82, 2.24) is 0 Å². The summed E-state index contributed by atoms with van der Waals surface area (Å²) >= 11 is 5.97. The van der Waals surface area contributed by atoms with Crippen LogP contribution in [0.3, 0.4) is 0 Å². The van der Waals surface area contributed by atoms with Gasteiger partial charge in [-0.15, -0.1) is 0 Å². The van der Waals surface area contributed by atoms with Crippen LogP contribution in [0.2, 0.25) is 5.02 Å². The molecule has 2 aromatic rings. The number of methoxy groups -OCH3 is 1. The number of benzene rings is 2. The monoisotopic (exact) mass is 368 g/mol. The smallest absolute Gasteiger partial charge is 0.266 e. The van der Waals surface area contributed by atoms with Gasteiger partial charge in [0.15, 0.2) is 0 Å². The number of ether oxygens (including phenoxy) is 1. The molecular formula is C21H21ClN2O2. The van der Waals surface area contributed by atoms with Crippen LogP contribution in [-0.4, -0.2) is 13.0 Å². The Labute approximate surface area is 159 Å². The van der Waals surface area contributed by atoms with E-state index >= 15 is 0 Å². The Morgan fingerprint density at radius 3 is 2.38 bits per heavy atom. The van der Waals surface area contributed by atoms with Crippen molar-refractivity contribution in [2.45, 2.75) is 26.2 Å². The van der Waals surface area contributed by atoms with Crippen LogP contribution in [-0.2, 0) is 10.2 Å². The van der Waals surface area contributed by atoms with Gasteiger partial charge in [-0.2, -0.15) is 5.26 Å². The van der Waals surface area contributed by atoms with E-state index in [1.54, 1.807) is 24.3 Å². The molecule has 2 rings (SSSR count).